The van der Waals surface area contributed by atoms with Crippen molar-refractivity contribution in [3.05, 3.63) is 82.7 Å². The van der Waals surface area contributed by atoms with Crippen molar-refractivity contribution in [1.82, 2.24) is 0 Å². The Kier molecular flexibility index (Phi) is 5.08. The third-order valence-corrected chi connectivity index (χ3v) is 8.90. The van der Waals surface area contributed by atoms with Crippen LogP contribution in [0, 0.1) is 17.5 Å². The molecule has 1 amide bonds. The predicted molar refractivity (Wildman–Crippen MR) is 129 cm³/mol. The molecule has 1 saturated carbocycles. The molecule has 3 aromatic rings. The first-order valence-electron chi connectivity index (χ1n) is 11.7. The maximum atomic E-state index is 14.3. The molecule has 1 atom stereocenters. The maximum Gasteiger partial charge on any atom is 0.264 e. The van der Waals surface area contributed by atoms with Crippen LogP contribution in [-0.4, -0.2) is 14.3 Å². The fraction of sp³-hybridized carbons (Fsp3) is 0.269. The van der Waals surface area contributed by atoms with Gasteiger partial charge in [-0.3, -0.25) is 9.52 Å². The molecular formula is C26H22F3N3O3S. The third kappa shape index (κ3) is 3.54. The first-order chi connectivity index (χ1) is 17.2. The highest BCUT2D eigenvalue weighted by Crippen LogP contribution is 2.54. The molecule has 2 aliphatic carbocycles. The van der Waals surface area contributed by atoms with Crippen molar-refractivity contribution in [3.63, 3.8) is 0 Å². The van der Waals surface area contributed by atoms with Gasteiger partial charge < -0.3 is 10.6 Å². The zero-order valence-electron chi connectivity index (χ0n) is 19.0. The van der Waals surface area contributed by atoms with Gasteiger partial charge in [-0.05, 0) is 78.8 Å². The Hall–Kier alpha value is -3.53. The number of carbonyl (C=O) groups excluding carboxylic acids is 1. The lowest BCUT2D eigenvalue weighted by atomic mass is 9.65. The highest BCUT2D eigenvalue weighted by atomic mass is 32.2. The number of sulfonamides is 1. The van der Waals surface area contributed by atoms with Gasteiger partial charge in [-0.25, -0.2) is 21.6 Å². The highest BCUT2D eigenvalue weighted by Gasteiger charge is 2.52. The fourth-order valence-electron chi connectivity index (χ4n) is 5.54. The number of hydrogen-bond acceptors (Lipinski definition) is 4. The normalized spacial score (nSPS) is 19.4. The quantitative estimate of drug-likeness (QED) is 0.428. The SMILES string of the molecule is O=C1Nc2c(NC3CCc4cc(F)ccc43)cc(NS(=O)(=O)c3ccc(F)cc3F)cc2C12CCC2. The Morgan fingerprint density at radius 3 is 2.44 bits per heavy atom. The number of nitrogens with one attached hydrogen (secondary N) is 3. The van der Waals surface area contributed by atoms with Crippen molar-refractivity contribution in [2.45, 2.75) is 48.5 Å². The van der Waals surface area contributed by atoms with Gasteiger partial charge in [0, 0.05) is 6.07 Å². The van der Waals surface area contributed by atoms with Crippen molar-refractivity contribution < 1.29 is 26.4 Å². The van der Waals surface area contributed by atoms with E-state index >= 15 is 0 Å². The molecule has 3 N–H and O–H groups in total. The van der Waals surface area contributed by atoms with E-state index in [0.29, 0.717) is 48.7 Å². The van der Waals surface area contributed by atoms with Gasteiger partial charge in [-0.1, -0.05) is 12.5 Å². The second kappa shape index (κ2) is 7.99. The first kappa shape index (κ1) is 22.9. The van der Waals surface area contributed by atoms with Gasteiger partial charge in [0.2, 0.25) is 5.91 Å². The topological polar surface area (TPSA) is 87.3 Å². The largest absolute Gasteiger partial charge is 0.376 e. The van der Waals surface area contributed by atoms with Crippen LogP contribution >= 0.6 is 0 Å². The van der Waals surface area contributed by atoms with Crippen LogP contribution in [0.2, 0.25) is 0 Å². The minimum absolute atomic E-state index is 0.134. The van der Waals surface area contributed by atoms with Crippen LogP contribution in [0.15, 0.2) is 53.4 Å². The molecule has 1 heterocycles. The molecular weight excluding hydrogens is 491 g/mol. The summed E-state index contributed by atoms with van der Waals surface area (Å²) in [4.78, 5) is 12.3. The average Bonchev–Trinajstić information content (AvgIpc) is 3.30. The molecule has 0 aromatic heterocycles. The van der Waals surface area contributed by atoms with E-state index in [0.717, 1.165) is 29.7 Å². The number of amides is 1. The molecule has 3 aliphatic rings. The van der Waals surface area contributed by atoms with Crippen molar-refractivity contribution in [1.29, 1.82) is 0 Å². The number of fused-ring (bicyclic) bond motifs is 3. The van der Waals surface area contributed by atoms with Crippen LogP contribution < -0.4 is 15.4 Å². The van der Waals surface area contributed by atoms with E-state index < -0.39 is 32.0 Å². The Morgan fingerprint density at radius 2 is 1.72 bits per heavy atom. The Morgan fingerprint density at radius 1 is 0.972 bits per heavy atom. The minimum Gasteiger partial charge on any atom is -0.376 e. The lowest BCUT2D eigenvalue weighted by Crippen LogP contribution is -2.40. The predicted octanol–water partition coefficient (Wildman–Crippen LogP) is 5.38. The van der Waals surface area contributed by atoms with Crippen LogP contribution in [-0.2, 0) is 26.7 Å². The van der Waals surface area contributed by atoms with E-state index in [1.165, 1.54) is 12.1 Å². The third-order valence-electron chi connectivity index (χ3n) is 7.48. The van der Waals surface area contributed by atoms with E-state index in [2.05, 4.69) is 15.4 Å². The van der Waals surface area contributed by atoms with Crippen LogP contribution in [0.3, 0.4) is 0 Å². The van der Waals surface area contributed by atoms with E-state index in [1.807, 2.05) is 0 Å². The second-order valence-electron chi connectivity index (χ2n) is 9.60. The molecule has 1 fully saturated rings. The van der Waals surface area contributed by atoms with Gasteiger partial charge in [0.15, 0.2) is 0 Å². The van der Waals surface area contributed by atoms with Gasteiger partial charge in [0.05, 0.1) is 28.5 Å². The smallest absolute Gasteiger partial charge is 0.264 e. The molecule has 1 unspecified atom stereocenters. The summed E-state index contributed by atoms with van der Waals surface area (Å²) in [5, 5.41) is 6.38. The molecule has 6 rings (SSSR count). The zero-order valence-corrected chi connectivity index (χ0v) is 19.8. The van der Waals surface area contributed by atoms with Gasteiger partial charge in [0.25, 0.3) is 10.0 Å². The number of benzene rings is 3. The van der Waals surface area contributed by atoms with Crippen LogP contribution in [0.4, 0.5) is 30.2 Å². The number of hydrogen-bond donors (Lipinski definition) is 3. The van der Waals surface area contributed by atoms with E-state index in [1.54, 1.807) is 18.2 Å². The molecule has 0 saturated heterocycles. The standard InChI is InChI=1S/C26H22F3N3O3S/c27-15-3-5-18-14(10-15)2-6-21(18)30-22-13-17(12-19-24(22)31-25(33)26(19)8-1-9-26)32-36(34,35)23-7-4-16(28)11-20(23)29/h3-5,7,10-13,21,30,32H,1-2,6,8-9H2,(H,31,33). The van der Waals surface area contributed by atoms with Gasteiger partial charge in [-0.15, -0.1) is 0 Å². The van der Waals surface area contributed by atoms with Crippen LogP contribution in [0.1, 0.15) is 48.4 Å². The van der Waals surface area contributed by atoms with Crippen molar-refractivity contribution >= 4 is 33.0 Å². The zero-order chi connectivity index (χ0) is 25.2. The van der Waals surface area contributed by atoms with Crippen molar-refractivity contribution in [2.24, 2.45) is 0 Å². The monoisotopic (exact) mass is 513 g/mol. The molecule has 6 nitrogen and oxygen atoms in total. The molecule has 3 aromatic carbocycles. The number of halogens is 3. The summed E-state index contributed by atoms with van der Waals surface area (Å²) in [7, 11) is -4.38. The summed E-state index contributed by atoms with van der Waals surface area (Å²) in [6.07, 6.45) is 3.52. The molecule has 1 aliphatic heterocycles. The van der Waals surface area contributed by atoms with E-state index in [4.69, 9.17) is 0 Å². The molecule has 0 bridgehead atoms. The number of rotatable bonds is 5. The average molecular weight is 514 g/mol. The van der Waals surface area contributed by atoms with Gasteiger partial charge >= 0.3 is 0 Å². The molecule has 10 heteroatoms. The van der Waals surface area contributed by atoms with Crippen LogP contribution in [0.25, 0.3) is 0 Å². The van der Waals surface area contributed by atoms with Gasteiger partial charge in [-0.2, -0.15) is 0 Å². The Balaban J connectivity index is 1.41. The summed E-state index contributed by atoms with van der Waals surface area (Å²) in [5.41, 5.74) is 3.04. The summed E-state index contributed by atoms with van der Waals surface area (Å²) >= 11 is 0. The molecule has 36 heavy (non-hydrogen) atoms. The summed E-state index contributed by atoms with van der Waals surface area (Å²) in [6.45, 7) is 0. The van der Waals surface area contributed by atoms with Crippen molar-refractivity contribution in [2.75, 3.05) is 15.4 Å². The summed E-state index contributed by atoms with van der Waals surface area (Å²) in [5.74, 6) is -2.53. The minimum atomic E-state index is -4.38. The summed E-state index contributed by atoms with van der Waals surface area (Å²) in [6, 6.07) is 9.88. The number of carbonyl (C=O) groups is 1. The number of anilines is 3. The van der Waals surface area contributed by atoms with E-state index in [9.17, 15) is 26.4 Å². The first-order valence-corrected chi connectivity index (χ1v) is 13.2. The molecule has 0 radical (unpaired) electrons. The maximum absolute atomic E-state index is 14.3. The molecule has 186 valence electrons. The van der Waals surface area contributed by atoms with E-state index in [-0.39, 0.29) is 23.5 Å². The Labute approximate surface area is 206 Å². The highest BCUT2D eigenvalue weighted by molar-refractivity contribution is 7.92. The lowest BCUT2D eigenvalue weighted by molar-refractivity contribution is -0.123. The fourth-order valence-corrected chi connectivity index (χ4v) is 6.64. The summed E-state index contributed by atoms with van der Waals surface area (Å²) < 4.78 is 69.7. The second-order valence-corrected chi connectivity index (χ2v) is 11.2. The van der Waals surface area contributed by atoms with Crippen LogP contribution in [0.5, 0.6) is 0 Å². The van der Waals surface area contributed by atoms with Gasteiger partial charge in [0.1, 0.15) is 22.3 Å². The lowest BCUT2D eigenvalue weighted by Gasteiger charge is -2.36. The Bertz CT molecular complexity index is 1540. The van der Waals surface area contributed by atoms with Crippen molar-refractivity contribution in [3.8, 4) is 0 Å². The number of aryl methyl sites for hydroxylation is 1. The molecule has 1 spiro atoms.